The van der Waals surface area contributed by atoms with Crippen LogP contribution in [0.2, 0.25) is 0 Å². The van der Waals surface area contributed by atoms with Crippen LogP contribution in [0.3, 0.4) is 0 Å². The minimum absolute atomic E-state index is 0.0465. The van der Waals surface area contributed by atoms with Gasteiger partial charge in [-0.05, 0) is 58.7 Å². The Bertz CT molecular complexity index is 1020. The number of ether oxygens (including phenoxy) is 3. The van der Waals surface area contributed by atoms with Crippen LogP contribution in [0.15, 0.2) is 71.8 Å². The second-order valence-corrected chi connectivity index (χ2v) is 7.02. The molecule has 142 valence electrons. The van der Waals surface area contributed by atoms with Gasteiger partial charge in [-0.15, -0.1) is 0 Å². The van der Waals surface area contributed by atoms with E-state index in [1.54, 1.807) is 21.3 Å². The van der Waals surface area contributed by atoms with Gasteiger partial charge in [-0.3, -0.25) is 0 Å². The molecule has 0 aromatic heterocycles. The van der Waals surface area contributed by atoms with E-state index in [-0.39, 0.29) is 5.92 Å². The first-order valence-corrected chi connectivity index (χ1v) is 9.40. The summed E-state index contributed by atoms with van der Waals surface area (Å²) in [6, 6.07) is 22.2. The van der Waals surface area contributed by atoms with Crippen molar-refractivity contribution in [1.82, 2.24) is 0 Å². The zero-order valence-corrected chi connectivity index (χ0v) is 16.8. The molecule has 0 saturated carbocycles. The Balaban J connectivity index is 1.88. The lowest BCUT2D eigenvalue weighted by Crippen LogP contribution is -1.99. The first-order chi connectivity index (χ1) is 13.7. The number of allylic oxidation sites excluding steroid dienone is 1. The largest absolute Gasteiger partial charge is 0.497 e. The van der Waals surface area contributed by atoms with Crippen molar-refractivity contribution in [2.24, 2.45) is 0 Å². The first kappa shape index (κ1) is 18.5. The lowest BCUT2D eigenvalue weighted by atomic mass is 9.92. The van der Waals surface area contributed by atoms with Crippen molar-refractivity contribution in [3.8, 4) is 17.2 Å². The van der Waals surface area contributed by atoms with Gasteiger partial charge in [0.2, 0.25) is 0 Å². The SMILES string of the molecule is COc1ccc(C2=C(Cl)C(c3ccc(OC)cc3)c3cc(OC)ccc32)cc1. The smallest absolute Gasteiger partial charge is 0.119 e. The third-order valence-corrected chi connectivity index (χ3v) is 5.57. The van der Waals surface area contributed by atoms with Crippen LogP contribution in [0.4, 0.5) is 0 Å². The number of methoxy groups -OCH3 is 3. The Kier molecular flexibility index (Phi) is 5.01. The molecule has 1 aliphatic carbocycles. The van der Waals surface area contributed by atoms with Crippen molar-refractivity contribution in [1.29, 1.82) is 0 Å². The van der Waals surface area contributed by atoms with E-state index >= 15 is 0 Å². The molecule has 28 heavy (non-hydrogen) atoms. The number of rotatable bonds is 5. The van der Waals surface area contributed by atoms with Crippen LogP contribution in [-0.4, -0.2) is 21.3 Å². The lowest BCUT2D eigenvalue weighted by Gasteiger charge is -2.15. The van der Waals surface area contributed by atoms with Crippen molar-refractivity contribution >= 4 is 17.2 Å². The van der Waals surface area contributed by atoms with Crippen LogP contribution in [0.5, 0.6) is 17.2 Å². The molecule has 1 aliphatic rings. The van der Waals surface area contributed by atoms with Gasteiger partial charge in [0.25, 0.3) is 0 Å². The standard InChI is InChI=1S/C24H21ClO3/c1-26-17-8-4-15(5-9-17)22-20-13-12-19(28-3)14-21(20)23(24(22)25)16-6-10-18(27-2)11-7-16/h4-14,23H,1-3H3. The van der Waals surface area contributed by atoms with Gasteiger partial charge in [0, 0.05) is 16.5 Å². The third kappa shape index (κ3) is 3.12. The van der Waals surface area contributed by atoms with E-state index in [1.165, 1.54) is 0 Å². The van der Waals surface area contributed by atoms with Crippen molar-refractivity contribution in [2.75, 3.05) is 21.3 Å². The molecule has 4 heteroatoms. The molecule has 0 bridgehead atoms. The summed E-state index contributed by atoms with van der Waals surface area (Å²) >= 11 is 7.00. The topological polar surface area (TPSA) is 27.7 Å². The number of hydrogen-bond acceptors (Lipinski definition) is 3. The van der Waals surface area contributed by atoms with E-state index in [2.05, 4.69) is 24.3 Å². The van der Waals surface area contributed by atoms with Crippen molar-refractivity contribution in [3.05, 3.63) is 94.0 Å². The minimum Gasteiger partial charge on any atom is -0.497 e. The summed E-state index contributed by atoms with van der Waals surface area (Å²) in [6.45, 7) is 0. The Morgan fingerprint density at radius 2 is 1.21 bits per heavy atom. The molecule has 0 spiro atoms. The molecule has 1 atom stereocenters. The van der Waals surface area contributed by atoms with Crippen LogP contribution in [0, 0.1) is 0 Å². The molecule has 1 unspecified atom stereocenters. The quantitative estimate of drug-likeness (QED) is 0.544. The highest BCUT2D eigenvalue weighted by Crippen LogP contribution is 2.50. The zero-order valence-electron chi connectivity index (χ0n) is 16.0. The molecule has 0 aliphatic heterocycles. The number of fused-ring (bicyclic) bond motifs is 1. The molecule has 3 aromatic rings. The maximum absolute atomic E-state index is 7.00. The van der Waals surface area contributed by atoms with Crippen LogP contribution >= 0.6 is 11.6 Å². The predicted octanol–water partition coefficient (Wildman–Crippen LogP) is 5.86. The molecule has 0 fully saturated rings. The fourth-order valence-electron chi connectivity index (χ4n) is 3.72. The van der Waals surface area contributed by atoms with Gasteiger partial charge in [-0.2, -0.15) is 0 Å². The predicted molar refractivity (Wildman–Crippen MR) is 113 cm³/mol. The Labute approximate surface area is 170 Å². The summed E-state index contributed by atoms with van der Waals surface area (Å²) in [7, 11) is 5.01. The lowest BCUT2D eigenvalue weighted by molar-refractivity contribution is 0.414. The van der Waals surface area contributed by atoms with Gasteiger partial charge in [-0.1, -0.05) is 41.9 Å². The summed E-state index contributed by atoms with van der Waals surface area (Å²) < 4.78 is 16.1. The van der Waals surface area contributed by atoms with E-state index in [0.717, 1.165) is 50.1 Å². The molecule has 0 N–H and O–H groups in total. The Morgan fingerprint density at radius 3 is 1.79 bits per heavy atom. The molecule has 0 amide bonds. The van der Waals surface area contributed by atoms with Crippen LogP contribution in [0.25, 0.3) is 5.57 Å². The zero-order chi connectivity index (χ0) is 19.7. The number of hydrogen-bond donors (Lipinski definition) is 0. The summed E-state index contributed by atoms with van der Waals surface area (Å²) in [6.07, 6.45) is 0. The Hall–Kier alpha value is -2.91. The molecular weight excluding hydrogens is 372 g/mol. The van der Waals surface area contributed by atoms with Crippen LogP contribution in [0.1, 0.15) is 28.2 Å². The molecular formula is C24H21ClO3. The van der Waals surface area contributed by atoms with Crippen LogP contribution in [-0.2, 0) is 0 Å². The average molecular weight is 393 g/mol. The molecule has 3 nitrogen and oxygen atoms in total. The Morgan fingerprint density at radius 1 is 0.679 bits per heavy atom. The second-order valence-electron chi connectivity index (χ2n) is 6.61. The minimum atomic E-state index is -0.0465. The maximum Gasteiger partial charge on any atom is 0.119 e. The van der Waals surface area contributed by atoms with Gasteiger partial charge in [0.05, 0.1) is 21.3 Å². The van der Waals surface area contributed by atoms with E-state index < -0.39 is 0 Å². The summed E-state index contributed by atoms with van der Waals surface area (Å²) in [5.74, 6) is 2.41. The van der Waals surface area contributed by atoms with E-state index in [4.69, 9.17) is 25.8 Å². The second kappa shape index (κ2) is 7.61. The maximum atomic E-state index is 7.00. The fourth-order valence-corrected chi connectivity index (χ4v) is 4.17. The highest BCUT2D eigenvalue weighted by molar-refractivity contribution is 6.35. The van der Waals surface area contributed by atoms with Crippen molar-refractivity contribution in [3.63, 3.8) is 0 Å². The fraction of sp³-hybridized carbons (Fsp3) is 0.167. The molecule has 4 rings (SSSR count). The number of benzene rings is 3. The summed E-state index contributed by atoms with van der Waals surface area (Å²) in [5, 5.41) is 0.804. The van der Waals surface area contributed by atoms with Gasteiger partial charge in [0.15, 0.2) is 0 Å². The average Bonchev–Trinajstić information content (AvgIpc) is 3.04. The molecule has 3 aromatic carbocycles. The van der Waals surface area contributed by atoms with E-state index in [0.29, 0.717) is 0 Å². The molecule has 0 heterocycles. The van der Waals surface area contributed by atoms with E-state index in [1.807, 2.05) is 42.5 Å². The normalized spacial score (nSPS) is 15.4. The summed E-state index contributed by atoms with van der Waals surface area (Å²) in [5.41, 5.74) is 5.48. The van der Waals surface area contributed by atoms with Gasteiger partial charge < -0.3 is 14.2 Å². The van der Waals surface area contributed by atoms with E-state index in [9.17, 15) is 0 Å². The third-order valence-electron chi connectivity index (χ3n) is 5.16. The highest BCUT2D eigenvalue weighted by Gasteiger charge is 2.32. The van der Waals surface area contributed by atoms with Crippen molar-refractivity contribution < 1.29 is 14.2 Å². The highest BCUT2D eigenvalue weighted by atomic mass is 35.5. The van der Waals surface area contributed by atoms with Crippen molar-refractivity contribution in [2.45, 2.75) is 5.92 Å². The summed E-state index contributed by atoms with van der Waals surface area (Å²) in [4.78, 5) is 0. The van der Waals surface area contributed by atoms with Gasteiger partial charge >= 0.3 is 0 Å². The van der Waals surface area contributed by atoms with Crippen LogP contribution < -0.4 is 14.2 Å². The number of halogens is 1. The molecule has 0 radical (unpaired) electrons. The van der Waals surface area contributed by atoms with Gasteiger partial charge in [0.1, 0.15) is 17.2 Å². The molecule has 0 saturated heterocycles. The first-order valence-electron chi connectivity index (χ1n) is 9.02. The monoisotopic (exact) mass is 392 g/mol. The van der Waals surface area contributed by atoms with Gasteiger partial charge in [-0.25, -0.2) is 0 Å².